The quantitative estimate of drug-likeness (QED) is 0.253. The predicted octanol–water partition coefficient (Wildman–Crippen LogP) is -3.76. The molecule has 0 fully saturated rings. The van der Waals surface area contributed by atoms with Crippen molar-refractivity contribution in [1.82, 2.24) is 0 Å². The number of rotatable bonds is 7. The molecule has 98 valence electrons. The normalized spacial score (nSPS) is 20.1. The first-order valence-electron chi connectivity index (χ1n) is 4.14. The highest BCUT2D eigenvalue weighted by atomic mass is 32.3. The van der Waals surface area contributed by atoms with Crippen molar-refractivity contribution in [2.24, 2.45) is 0 Å². The Morgan fingerprint density at radius 2 is 1.44 bits per heavy atom. The highest BCUT2D eigenvalue weighted by Crippen LogP contribution is 2.06. The average molecular weight is 262 g/mol. The SMILES string of the molecule is O=S(=O)(O)OC[C@H](O)[C@@H](O)[C@H](O)[C@H](O)CO. The molecule has 0 saturated carbocycles. The van der Waals surface area contributed by atoms with Crippen molar-refractivity contribution in [2.75, 3.05) is 13.2 Å². The third-order valence-corrected chi connectivity index (χ3v) is 2.15. The van der Waals surface area contributed by atoms with E-state index in [9.17, 15) is 8.42 Å². The summed E-state index contributed by atoms with van der Waals surface area (Å²) in [5, 5.41) is 44.7. The molecule has 0 aromatic carbocycles. The fraction of sp³-hybridized carbons (Fsp3) is 1.00. The lowest BCUT2D eigenvalue weighted by molar-refractivity contribution is -0.121. The minimum Gasteiger partial charge on any atom is -0.394 e. The molecule has 0 rings (SSSR count). The highest BCUT2D eigenvalue weighted by Gasteiger charge is 2.30. The third-order valence-electron chi connectivity index (χ3n) is 1.71. The van der Waals surface area contributed by atoms with Crippen molar-refractivity contribution in [3.8, 4) is 0 Å². The Kier molecular flexibility index (Phi) is 6.28. The van der Waals surface area contributed by atoms with Gasteiger partial charge in [0.2, 0.25) is 0 Å². The maximum absolute atomic E-state index is 10.1. The molecular formula is C6H14O9S. The fourth-order valence-electron chi connectivity index (χ4n) is 0.817. The van der Waals surface area contributed by atoms with E-state index in [1.54, 1.807) is 0 Å². The van der Waals surface area contributed by atoms with E-state index in [0.717, 1.165) is 0 Å². The Balaban J connectivity index is 4.22. The molecular weight excluding hydrogens is 248 g/mol. The third kappa shape index (κ3) is 5.67. The molecule has 0 heterocycles. The molecule has 0 aliphatic heterocycles. The van der Waals surface area contributed by atoms with Gasteiger partial charge in [-0.3, -0.25) is 4.55 Å². The minimum atomic E-state index is -4.77. The number of aliphatic hydroxyl groups excluding tert-OH is 5. The Morgan fingerprint density at radius 3 is 1.81 bits per heavy atom. The van der Waals surface area contributed by atoms with Crippen molar-refractivity contribution in [1.29, 1.82) is 0 Å². The molecule has 16 heavy (non-hydrogen) atoms. The highest BCUT2D eigenvalue weighted by molar-refractivity contribution is 7.80. The number of aliphatic hydroxyl groups is 5. The average Bonchev–Trinajstić information content (AvgIpc) is 2.21. The van der Waals surface area contributed by atoms with Gasteiger partial charge in [0.1, 0.15) is 24.4 Å². The van der Waals surface area contributed by atoms with Crippen LogP contribution in [0.4, 0.5) is 0 Å². The first-order valence-corrected chi connectivity index (χ1v) is 5.50. The molecule has 0 aliphatic carbocycles. The molecule has 0 amide bonds. The van der Waals surface area contributed by atoms with Crippen molar-refractivity contribution in [2.45, 2.75) is 24.4 Å². The van der Waals surface area contributed by atoms with Crippen LogP contribution in [0.25, 0.3) is 0 Å². The Hall–Kier alpha value is -0.330. The van der Waals surface area contributed by atoms with E-state index in [-0.39, 0.29) is 0 Å². The monoisotopic (exact) mass is 262 g/mol. The van der Waals surface area contributed by atoms with Gasteiger partial charge in [0, 0.05) is 0 Å². The number of hydrogen-bond donors (Lipinski definition) is 6. The first-order chi connectivity index (χ1) is 7.19. The summed E-state index contributed by atoms with van der Waals surface area (Å²) in [6.07, 6.45) is -7.39. The summed E-state index contributed by atoms with van der Waals surface area (Å²) in [6.45, 7) is -1.86. The molecule has 4 atom stereocenters. The molecule has 0 bridgehead atoms. The molecule has 9 nitrogen and oxygen atoms in total. The van der Waals surface area contributed by atoms with Crippen LogP contribution >= 0.6 is 0 Å². The summed E-state index contributed by atoms with van der Waals surface area (Å²) in [5.74, 6) is 0. The van der Waals surface area contributed by atoms with Gasteiger partial charge >= 0.3 is 10.4 Å². The number of hydrogen-bond acceptors (Lipinski definition) is 8. The van der Waals surface area contributed by atoms with Gasteiger partial charge in [-0.05, 0) is 0 Å². The molecule has 0 aliphatic rings. The summed E-state index contributed by atoms with van der Waals surface area (Å²) in [4.78, 5) is 0. The molecule has 6 N–H and O–H groups in total. The maximum Gasteiger partial charge on any atom is 0.397 e. The summed E-state index contributed by atoms with van der Waals surface area (Å²) in [7, 11) is -4.77. The standard InChI is InChI=1S/C6H14O9S/c7-1-3(8)5(10)6(11)4(9)2-15-16(12,13)14/h3-11H,1-2H2,(H,12,13,14)/t3-,4+,5-,6-/m1/s1. The van der Waals surface area contributed by atoms with E-state index in [1.807, 2.05) is 0 Å². The minimum absolute atomic E-state index is 0.857. The van der Waals surface area contributed by atoms with E-state index in [4.69, 9.17) is 30.1 Å². The topological polar surface area (TPSA) is 165 Å². The fourth-order valence-corrected chi connectivity index (χ4v) is 1.13. The van der Waals surface area contributed by atoms with Crippen LogP contribution in [0.5, 0.6) is 0 Å². The Bertz CT molecular complexity index is 288. The molecule has 10 heteroatoms. The second kappa shape index (κ2) is 6.42. The van der Waals surface area contributed by atoms with Crippen molar-refractivity contribution < 1.29 is 42.7 Å². The lowest BCUT2D eigenvalue weighted by Gasteiger charge is -2.24. The van der Waals surface area contributed by atoms with E-state index >= 15 is 0 Å². The van der Waals surface area contributed by atoms with Crippen LogP contribution in [-0.2, 0) is 14.6 Å². The second-order valence-electron chi connectivity index (χ2n) is 3.01. The zero-order valence-corrected chi connectivity index (χ0v) is 8.86. The van der Waals surface area contributed by atoms with Gasteiger partial charge in [0.05, 0.1) is 13.2 Å². The van der Waals surface area contributed by atoms with E-state index in [2.05, 4.69) is 4.18 Å². The van der Waals surface area contributed by atoms with Gasteiger partial charge in [-0.1, -0.05) is 0 Å². The van der Waals surface area contributed by atoms with Crippen LogP contribution in [0.3, 0.4) is 0 Å². The van der Waals surface area contributed by atoms with E-state index in [1.165, 1.54) is 0 Å². The molecule has 0 spiro atoms. The van der Waals surface area contributed by atoms with Crippen molar-refractivity contribution >= 4 is 10.4 Å². The first kappa shape index (κ1) is 15.7. The summed E-state index contributed by atoms with van der Waals surface area (Å²) < 4.78 is 32.1. The molecule has 0 aromatic heterocycles. The smallest absolute Gasteiger partial charge is 0.394 e. The van der Waals surface area contributed by atoms with Crippen LogP contribution in [0, 0.1) is 0 Å². The van der Waals surface area contributed by atoms with Crippen LogP contribution in [0.1, 0.15) is 0 Å². The Labute approximate surface area is 91.5 Å². The van der Waals surface area contributed by atoms with E-state index in [0.29, 0.717) is 0 Å². The lowest BCUT2D eigenvalue weighted by atomic mass is 10.0. The summed E-state index contributed by atoms with van der Waals surface area (Å²) in [6, 6.07) is 0. The van der Waals surface area contributed by atoms with Crippen LogP contribution in [0.2, 0.25) is 0 Å². The van der Waals surface area contributed by atoms with E-state index < -0.39 is 48.0 Å². The molecule has 0 aromatic rings. The van der Waals surface area contributed by atoms with Gasteiger partial charge in [-0.2, -0.15) is 8.42 Å². The van der Waals surface area contributed by atoms with Gasteiger partial charge in [0.15, 0.2) is 0 Å². The van der Waals surface area contributed by atoms with Crippen LogP contribution < -0.4 is 0 Å². The van der Waals surface area contributed by atoms with Gasteiger partial charge in [0.25, 0.3) is 0 Å². The zero-order chi connectivity index (χ0) is 12.9. The van der Waals surface area contributed by atoms with Gasteiger partial charge < -0.3 is 25.5 Å². The molecule has 0 saturated heterocycles. The lowest BCUT2D eigenvalue weighted by Crippen LogP contribution is -2.47. The van der Waals surface area contributed by atoms with Gasteiger partial charge in [-0.25, -0.2) is 4.18 Å². The summed E-state index contributed by atoms with van der Waals surface area (Å²) >= 11 is 0. The zero-order valence-electron chi connectivity index (χ0n) is 8.04. The second-order valence-corrected chi connectivity index (χ2v) is 4.10. The van der Waals surface area contributed by atoms with Crippen molar-refractivity contribution in [3.63, 3.8) is 0 Å². The summed E-state index contributed by atoms with van der Waals surface area (Å²) in [5.41, 5.74) is 0. The molecule has 0 unspecified atom stereocenters. The Morgan fingerprint density at radius 1 is 1.00 bits per heavy atom. The van der Waals surface area contributed by atoms with Crippen molar-refractivity contribution in [3.05, 3.63) is 0 Å². The molecule has 0 radical (unpaired) electrons. The maximum atomic E-state index is 10.1. The predicted molar refractivity (Wildman–Crippen MR) is 48.6 cm³/mol. The largest absolute Gasteiger partial charge is 0.397 e. The van der Waals surface area contributed by atoms with Crippen LogP contribution in [-0.4, -0.2) is 76.1 Å². The van der Waals surface area contributed by atoms with Gasteiger partial charge in [-0.15, -0.1) is 0 Å². The van der Waals surface area contributed by atoms with Crippen LogP contribution in [0.15, 0.2) is 0 Å².